The fourth-order valence-electron chi connectivity index (χ4n) is 6.98. The summed E-state index contributed by atoms with van der Waals surface area (Å²) in [5, 5.41) is 0.948. The fraction of sp³-hybridized carbons (Fsp3) is 0.419. The summed E-state index contributed by atoms with van der Waals surface area (Å²) >= 11 is 0. The highest BCUT2D eigenvalue weighted by molar-refractivity contribution is 6.00. The zero-order valence-electron chi connectivity index (χ0n) is 21.9. The number of para-hydroxylation sites is 1. The molecule has 1 aliphatic carbocycles. The van der Waals surface area contributed by atoms with E-state index in [4.69, 9.17) is 15.5 Å². The first-order valence-corrected chi connectivity index (χ1v) is 14.2. The number of benzene rings is 2. The summed E-state index contributed by atoms with van der Waals surface area (Å²) in [7, 11) is 0. The van der Waals surface area contributed by atoms with E-state index < -0.39 is 0 Å². The van der Waals surface area contributed by atoms with Crippen molar-refractivity contribution in [2.24, 2.45) is 0 Å². The van der Waals surface area contributed by atoms with Crippen LogP contribution < -0.4 is 10.5 Å². The van der Waals surface area contributed by atoms with Gasteiger partial charge in [-0.05, 0) is 74.9 Å². The summed E-state index contributed by atoms with van der Waals surface area (Å²) in [5.41, 5.74) is 9.56. The van der Waals surface area contributed by atoms with E-state index >= 15 is 0 Å². The highest BCUT2D eigenvalue weighted by Gasteiger charge is 2.35. The average molecular weight is 509 g/mol. The van der Waals surface area contributed by atoms with Crippen LogP contribution in [0.5, 0.6) is 11.5 Å². The number of piperazine rings is 1. The fourth-order valence-corrected chi connectivity index (χ4v) is 6.98. The molecule has 0 radical (unpaired) electrons. The van der Waals surface area contributed by atoms with E-state index in [1.54, 1.807) is 6.33 Å². The van der Waals surface area contributed by atoms with Crippen LogP contribution in [0.15, 0.2) is 67.1 Å². The Kier molecular flexibility index (Phi) is 6.26. The Hall–Kier alpha value is -3.42. The maximum absolute atomic E-state index is 6.43. The first-order chi connectivity index (χ1) is 18.7. The van der Waals surface area contributed by atoms with Gasteiger partial charge in [-0.3, -0.25) is 9.80 Å². The van der Waals surface area contributed by atoms with Gasteiger partial charge in [-0.1, -0.05) is 30.3 Å². The van der Waals surface area contributed by atoms with Crippen LogP contribution in [0.3, 0.4) is 0 Å². The third-order valence-electron chi connectivity index (χ3n) is 8.98. The molecular formula is C31H36N6O. The van der Waals surface area contributed by atoms with Crippen molar-refractivity contribution in [1.82, 2.24) is 24.3 Å². The number of anilines is 1. The number of rotatable bonds is 5. The molecule has 2 aromatic heterocycles. The minimum atomic E-state index is 0.435. The van der Waals surface area contributed by atoms with Gasteiger partial charge in [0, 0.05) is 49.5 Å². The summed E-state index contributed by atoms with van der Waals surface area (Å²) in [4.78, 5) is 14.6. The van der Waals surface area contributed by atoms with E-state index in [-0.39, 0.29) is 0 Å². The molecule has 0 unspecified atom stereocenters. The predicted molar refractivity (Wildman–Crippen MR) is 151 cm³/mol. The molecule has 7 nitrogen and oxygen atoms in total. The molecule has 2 saturated heterocycles. The molecule has 196 valence electrons. The Morgan fingerprint density at radius 3 is 2.29 bits per heavy atom. The van der Waals surface area contributed by atoms with Crippen molar-refractivity contribution in [3.8, 4) is 22.6 Å². The summed E-state index contributed by atoms with van der Waals surface area (Å²) in [6, 6.07) is 20.0. The van der Waals surface area contributed by atoms with Crippen LogP contribution in [0.25, 0.3) is 22.2 Å². The highest BCUT2D eigenvalue weighted by Crippen LogP contribution is 2.40. The highest BCUT2D eigenvalue weighted by atomic mass is 16.5. The van der Waals surface area contributed by atoms with E-state index in [2.05, 4.69) is 37.7 Å². The van der Waals surface area contributed by atoms with Crippen LogP contribution in [-0.4, -0.2) is 62.6 Å². The summed E-state index contributed by atoms with van der Waals surface area (Å²) < 4.78 is 8.38. The smallest absolute Gasteiger partial charge is 0.146 e. The number of hydrogen-bond donors (Lipinski definition) is 1. The second-order valence-electron chi connectivity index (χ2n) is 11.1. The lowest BCUT2D eigenvalue weighted by Gasteiger charge is -2.44. The van der Waals surface area contributed by atoms with Crippen molar-refractivity contribution in [2.45, 2.75) is 56.7 Å². The number of ether oxygens (including phenoxy) is 1. The van der Waals surface area contributed by atoms with Crippen molar-refractivity contribution in [1.29, 1.82) is 0 Å². The topological polar surface area (TPSA) is 72.4 Å². The van der Waals surface area contributed by atoms with Gasteiger partial charge in [0.2, 0.25) is 0 Å². The second-order valence-corrected chi connectivity index (χ2v) is 11.1. The SMILES string of the molecule is Nc1ncnc2c1c(-c1ccc(Oc3ccccc3)cc1)cn2C1CCC(N2CCN3CCC[C@@H]3C2)CC1. The summed E-state index contributed by atoms with van der Waals surface area (Å²) in [6.07, 6.45) is 11.5. The Balaban J connectivity index is 1.11. The van der Waals surface area contributed by atoms with Crippen molar-refractivity contribution >= 4 is 16.9 Å². The van der Waals surface area contributed by atoms with Crippen LogP contribution in [-0.2, 0) is 0 Å². The maximum Gasteiger partial charge on any atom is 0.146 e. The minimum absolute atomic E-state index is 0.435. The van der Waals surface area contributed by atoms with Gasteiger partial charge in [0.05, 0.1) is 5.39 Å². The molecule has 3 fully saturated rings. The predicted octanol–water partition coefficient (Wildman–Crippen LogP) is 5.74. The minimum Gasteiger partial charge on any atom is -0.457 e. The van der Waals surface area contributed by atoms with E-state index in [9.17, 15) is 0 Å². The molecule has 0 amide bonds. The zero-order chi connectivity index (χ0) is 25.5. The Morgan fingerprint density at radius 2 is 1.47 bits per heavy atom. The monoisotopic (exact) mass is 508 g/mol. The van der Waals surface area contributed by atoms with Crippen molar-refractivity contribution in [2.75, 3.05) is 31.9 Å². The summed E-state index contributed by atoms with van der Waals surface area (Å²) in [6.45, 7) is 5.06. The van der Waals surface area contributed by atoms with Crippen LogP contribution in [0.1, 0.15) is 44.6 Å². The van der Waals surface area contributed by atoms with Gasteiger partial charge in [0.25, 0.3) is 0 Å². The molecule has 38 heavy (non-hydrogen) atoms. The quantitative estimate of drug-likeness (QED) is 0.371. The molecule has 0 spiro atoms. The van der Waals surface area contributed by atoms with E-state index in [0.29, 0.717) is 17.9 Å². The standard InChI is InChI=1S/C31H36N6O/c32-30-29-28(22-8-14-27(15-9-22)38-26-6-2-1-3-7-26)20-37(31(29)34-21-33-30)24-12-10-23(11-13-24)36-18-17-35-16-4-5-25(35)19-36/h1-3,6-9,14-15,20-21,23-25H,4-5,10-13,16-19H2,(H2,32,33,34)/t23?,24?,25-/m1/s1. The van der Waals surface area contributed by atoms with E-state index in [0.717, 1.165) is 39.7 Å². The Bertz CT molecular complexity index is 1390. The zero-order valence-corrected chi connectivity index (χ0v) is 21.9. The second kappa shape index (κ2) is 10.0. The normalized spacial score (nSPS) is 24.5. The lowest BCUT2D eigenvalue weighted by Crippen LogP contribution is -2.54. The molecule has 7 rings (SSSR count). The Morgan fingerprint density at radius 1 is 0.737 bits per heavy atom. The summed E-state index contributed by atoms with van der Waals surface area (Å²) in [5.74, 6) is 2.18. The third kappa shape index (κ3) is 4.44. The van der Waals surface area contributed by atoms with Crippen LogP contribution in [0, 0.1) is 0 Å². The maximum atomic E-state index is 6.43. The third-order valence-corrected chi connectivity index (χ3v) is 8.98. The number of aromatic nitrogens is 3. The van der Waals surface area contributed by atoms with Gasteiger partial charge in [-0.15, -0.1) is 0 Å². The van der Waals surface area contributed by atoms with Gasteiger partial charge >= 0.3 is 0 Å². The molecule has 1 atom stereocenters. The van der Waals surface area contributed by atoms with Crippen LogP contribution >= 0.6 is 0 Å². The molecule has 2 N–H and O–H groups in total. The van der Waals surface area contributed by atoms with Gasteiger partial charge in [0.1, 0.15) is 29.3 Å². The van der Waals surface area contributed by atoms with Crippen molar-refractivity contribution in [3.05, 3.63) is 67.1 Å². The largest absolute Gasteiger partial charge is 0.457 e. The number of fused-ring (bicyclic) bond motifs is 2. The van der Waals surface area contributed by atoms with E-state index in [1.807, 2.05) is 42.5 Å². The molecule has 3 aliphatic rings. The van der Waals surface area contributed by atoms with Crippen LogP contribution in [0.4, 0.5) is 5.82 Å². The number of hydrogen-bond acceptors (Lipinski definition) is 6. The average Bonchev–Trinajstić information content (AvgIpc) is 3.60. The first kappa shape index (κ1) is 23.7. The van der Waals surface area contributed by atoms with Gasteiger partial charge in [0.15, 0.2) is 0 Å². The van der Waals surface area contributed by atoms with Gasteiger partial charge in [-0.2, -0.15) is 0 Å². The molecule has 1 saturated carbocycles. The van der Waals surface area contributed by atoms with E-state index in [1.165, 1.54) is 64.7 Å². The van der Waals surface area contributed by atoms with Crippen LogP contribution in [0.2, 0.25) is 0 Å². The van der Waals surface area contributed by atoms with Crippen molar-refractivity contribution < 1.29 is 4.74 Å². The molecule has 2 aliphatic heterocycles. The molecule has 2 aromatic carbocycles. The number of nitrogens with zero attached hydrogens (tertiary/aromatic N) is 5. The molecular weight excluding hydrogens is 472 g/mol. The molecule has 4 aromatic rings. The number of nitrogens with two attached hydrogens (primary N) is 1. The molecule has 7 heteroatoms. The molecule has 0 bridgehead atoms. The van der Waals surface area contributed by atoms with Gasteiger partial charge in [-0.25, -0.2) is 9.97 Å². The number of nitrogen functional groups attached to an aromatic ring is 1. The molecule has 4 heterocycles. The first-order valence-electron chi connectivity index (χ1n) is 14.2. The van der Waals surface area contributed by atoms with Gasteiger partial charge < -0.3 is 15.0 Å². The van der Waals surface area contributed by atoms with Crippen molar-refractivity contribution in [3.63, 3.8) is 0 Å². The lowest BCUT2D eigenvalue weighted by molar-refractivity contribution is 0.0516. The lowest BCUT2D eigenvalue weighted by atomic mass is 9.89. The Labute approximate surface area is 224 Å².